The lowest BCUT2D eigenvalue weighted by Gasteiger charge is -2.37. The number of amides is 1. The summed E-state index contributed by atoms with van der Waals surface area (Å²) in [6.07, 6.45) is 6.52. The summed E-state index contributed by atoms with van der Waals surface area (Å²) in [6, 6.07) is 5.69. The highest BCUT2D eigenvalue weighted by atomic mass is 16.5. The van der Waals surface area contributed by atoms with Gasteiger partial charge in [0.15, 0.2) is 0 Å². The molecule has 1 amide bonds. The molecule has 0 radical (unpaired) electrons. The van der Waals surface area contributed by atoms with Crippen LogP contribution in [0.25, 0.3) is 11.0 Å². The molecular weight excluding hydrogens is 290 g/mol. The van der Waals surface area contributed by atoms with E-state index < -0.39 is 0 Å². The number of nitrogens with one attached hydrogen (secondary N) is 1. The van der Waals surface area contributed by atoms with E-state index in [1.54, 1.807) is 13.4 Å². The van der Waals surface area contributed by atoms with Crippen LogP contribution in [-0.4, -0.2) is 18.6 Å². The highest BCUT2D eigenvalue weighted by molar-refractivity contribution is 5.88. The number of fused-ring (bicyclic) bond motifs is 1. The van der Waals surface area contributed by atoms with Crippen LogP contribution in [0.2, 0.25) is 0 Å². The van der Waals surface area contributed by atoms with Gasteiger partial charge in [-0.1, -0.05) is 6.92 Å². The predicted molar refractivity (Wildman–Crippen MR) is 90.6 cm³/mol. The molecule has 1 heterocycles. The summed E-state index contributed by atoms with van der Waals surface area (Å²) < 4.78 is 10.8. The summed E-state index contributed by atoms with van der Waals surface area (Å²) in [7, 11) is 1.63. The van der Waals surface area contributed by atoms with Gasteiger partial charge < -0.3 is 14.5 Å². The average molecular weight is 315 g/mol. The van der Waals surface area contributed by atoms with Gasteiger partial charge in [0.25, 0.3) is 0 Å². The van der Waals surface area contributed by atoms with Crippen LogP contribution in [0.3, 0.4) is 0 Å². The average Bonchev–Trinajstić information content (AvgIpc) is 2.92. The number of carbonyl (C=O) groups excluding carboxylic acids is 1. The van der Waals surface area contributed by atoms with Crippen LogP contribution in [0, 0.1) is 5.92 Å². The van der Waals surface area contributed by atoms with Gasteiger partial charge in [0, 0.05) is 22.6 Å². The van der Waals surface area contributed by atoms with Crippen LogP contribution in [0.4, 0.5) is 0 Å². The van der Waals surface area contributed by atoms with Crippen LogP contribution in [0.15, 0.2) is 28.9 Å². The monoisotopic (exact) mass is 315 g/mol. The lowest BCUT2D eigenvalue weighted by atomic mass is 9.78. The fourth-order valence-corrected chi connectivity index (χ4v) is 3.41. The van der Waals surface area contributed by atoms with Gasteiger partial charge in [-0.3, -0.25) is 4.79 Å². The van der Waals surface area contributed by atoms with Crippen molar-refractivity contribution in [1.29, 1.82) is 0 Å². The second-order valence-corrected chi connectivity index (χ2v) is 7.09. The maximum absolute atomic E-state index is 12.5. The molecule has 0 unspecified atom stereocenters. The van der Waals surface area contributed by atoms with Crippen molar-refractivity contribution >= 4 is 16.9 Å². The first-order valence-electron chi connectivity index (χ1n) is 8.34. The summed E-state index contributed by atoms with van der Waals surface area (Å²) in [6.45, 7) is 4.45. The molecule has 0 atom stereocenters. The number of hydrogen-bond acceptors (Lipinski definition) is 3. The fraction of sp³-hybridized carbons (Fsp3) is 0.526. The van der Waals surface area contributed by atoms with Gasteiger partial charge in [-0.25, -0.2) is 0 Å². The van der Waals surface area contributed by atoms with E-state index in [1.165, 1.54) is 12.8 Å². The number of furan rings is 1. The van der Waals surface area contributed by atoms with E-state index >= 15 is 0 Å². The maximum atomic E-state index is 12.5. The fourth-order valence-electron chi connectivity index (χ4n) is 3.41. The SMILES string of the molecule is COc1ccc2c(CC(=O)NC3(C)CCC(C)CC3)coc2c1. The third-order valence-electron chi connectivity index (χ3n) is 5.03. The van der Waals surface area contributed by atoms with Crippen LogP contribution < -0.4 is 10.1 Å². The van der Waals surface area contributed by atoms with Crippen LogP contribution >= 0.6 is 0 Å². The minimum atomic E-state index is -0.0631. The Hall–Kier alpha value is -1.97. The van der Waals surface area contributed by atoms with Gasteiger partial charge in [-0.05, 0) is 50.7 Å². The van der Waals surface area contributed by atoms with Gasteiger partial charge in [-0.2, -0.15) is 0 Å². The first kappa shape index (κ1) is 15.9. The van der Waals surface area contributed by atoms with Crippen molar-refractivity contribution in [1.82, 2.24) is 5.32 Å². The molecule has 3 rings (SSSR count). The van der Waals surface area contributed by atoms with Crippen LogP contribution in [-0.2, 0) is 11.2 Å². The van der Waals surface area contributed by atoms with Gasteiger partial charge >= 0.3 is 0 Å². The minimum absolute atomic E-state index is 0.0631. The predicted octanol–water partition coefficient (Wildman–Crippen LogP) is 4.07. The molecule has 0 spiro atoms. The molecule has 4 nitrogen and oxygen atoms in total. The van der Waals surface area contributed by atoms with E-state index in [9.17, 15) is 4.79 Å². The lowest BCUT2D eigenvalue weighted by Crippen LogP contribution is -2.48. The third-order valence-corrected chi connectivity index (χ3v) is 5.03. The Balaban J connectivity index is 1.68. The first-order valence-corrected chi connectivity index (χ1v) is 8.34. The van der Waals surface area contributed by atoms with Crippen molar-refractivity contribution in [2.75, 3.05) is 7.11 Å². The molecule has 1 saturated carbocycles. The van der Waals surface area contributed by atoms with Crippen molar-refractivity contribution in [3.63, 3.8) is 0 Å². The molecular formula is C19H25NO3. The van der Waals surface area contributed by atoms with E-state index in [4.69, 9.17) is 9.15 Å². The number of methoxy groups -OCH3 is 1. The van der Waals surface area contributed by atoms with E-state index in [0.29, 0.717) is 6.42 Å². The summed E-state index contributed by atoms with van der Waals surface area (Å²) in [5.74, 6) is 1.60. The van der Waals surface area contributed by atoms with Gasteiger partial charge in [0.1, 0.15) is 11.3 Å². The molecule has 23 heavy (non-hydrogen) atoms. The molecule has 1 N–H and O–H groups in total. The van der Waals surface area contributed by atoms with Crippen molar-refractivity contribution in [3.05, 3.63) is 30.0 Å². The normalized spacial score (nSPS) is 24.6. The van der Waals surface area contributed by atoms with Gasteiger partial charge in [0.2, 0.25) is 5.91 Å². The number of hydrogen-bond donors (Lipinski definition) is 1. The van der Waals surface area contributed by atoms with Crippen molar-refractivity contribution in [2.24, 2.45) is 5.92 Å². The quantitative estimate of drug-likeness (QED) is 0.925. The number of benzene rings is 1. The van der Waals surface area contributed by atoms with E-state index in [2.05, 4.69) is 19.2 Å². The van der Waals surface area contributed by atoms with Crippen molar-refractivity contribution in [3.8, 4) is 5.75 Å². The van der Waals surface area contributed by atoms with Crippen LogP contribution in [0.1, 0.15) is 45.1 Å². The molecule has 2 aromatic rings. The molecule has 1 aromatic heterocycles. The Morgan fingerprint density at radius 2 is 2.13 bits per heavy atom. The molecule has 4 heteroatoms. The summed E-state index contributed by atoms with van der Waals surface area (Å²) in [5, 5.41) is 4.21. The van der Waals surface area contributed by atoms with Crippen LogP contribution in [0.5, 0.6) is 5.75 Å². The zero-order chi connectivity index (χ0) is 16.4. The highest BCUT2D eigenvalue weighted by Crippen LogP contribution is 2.32. The zero-order valence-electron chi connectivity index (χ0n) is 14.1. The Bertz CT molecular complexity index is 696. The Morgan fingerprint density at radius 3 is 2.83 bits per heavy atom. The van der Waals surface area contributed by atoms with E-state index in [1.807, 2.05) is 18.2 Å². The topological polar surface area (TPSA) is 51.5 Å². The zero-order valence-corrected chi connectivity index (χ0v) is 14.1. The van der Waals surface area contributed by atoms with E-state index in [-0.39, 0.29) is 11.4 Å². The Labute approximate surface area is 137 Å². The van der Waals surface area contributed by atoms with E-state index in [0.717, 1.165) is 41.0 Å². The lowest BCUT2D eigenvalue weighted by molar-refractivity contribution is -0.122. The highest BCUT2D eigenvalue weighted by Gasteiger charge is 2.31. The second-order valence-electron chi connectivity index (χ2n) is 7.09. The second kappa shape index (κ2) is 6.26. The number of carbonyl (C=O) groups is 1. The molecule has 0 bridgehead atoms. The molecule has 1 aromatic carbocycles. The molecule has 1 aliphatic carbocycles. The molecule has 0 aliphatic heterocycles. The Kier molecular flexibility index (Phi) is 4.33. The van der Waals surface area contributed by atoms with Crippen molar-refractivity contribution in [2.45, 2.75) is 51.5 Å². The summed E-state index contributed by atoms with van der Waals surface area (Å²) >= 11 is 0. The third kappa shape index (κ3) is 3.52. The van der Waals surface area contributed by atoms with Gasteiger partial charge in [-0.15, -0.1) is 0 Å². The minimum Gasteiger partial charge on any atom is -0.497 e. The Morgan fingerprint density at radius 1 is 1.39 bits per heavy atom. The number of ether oxygens (including phenoxy) is 1. The molecule has 124 valence electrons. The van der Waals surface area contributed by atoms with Crippen molar-refractivity contribution < 1.29 is 13.9 Å². The molecule has 0 saturated heterocycles. The smallest absolute Gasteiger partial charge is 0.224 e. The largest absolute Gasteiger partial charge is 0.497 e. The summed E-state index contributed by atoms with van der Waals surface area (Å²) in [5.41, 5.74) is 1.62. The standard InChI is InChI=1S/C19H25NO3/c1-13-6-8-19(2,9-7-13)20-18(21)10-14-12-23-17-11-15(22-3)4-5-16(14)17/h4-5,11-13H,6-10H2,1-3H3,(H,20,21). The first-order chi connectivity index (χ1) is 11.0. The number of rotatable bonds is 4. The molecule has 1 fully saturated rings. The summed E-state index contributed by atoms with van der Waals surface area (Å²) in [4.78, 5) is 12.5. The molecule has 1 aliphatic rings. The maximum Gasteiger partial charge on any atom is 0.224 e. The van der Waals surface area contributed by atoms with Gasteiger partial charge in [0.05, 0.1) is 19.8 Å².